The molecule has 0 unspecified atom stereocenters. The fourth-order valence-corrected chi connectivity index (χ4v) is 2.51. The van der Waals surface area contributed by atoms with Gasteiger partial charge in [0.1, 0.15) is 5.75 Å². The van der Waals surface area contributed by atoms with Crippen LogP contribution in [0.15, 0.2) is 18.2 Å². The van der Waals surface area contributed by atoms with E-state index < -0.39 is 0 Å². The monoisotopic (exact) mass is 233 g/mol. The summed E-state index contributed by atoms with van der Waals surface area (Å²) in [4.78, 5) is 0. The summed E-state index contributed by atoms with van der Waals surface area (Å²) >= 11 is 0. The Hall–Kier alpha value is -1.02. The molecule has 0 aromatic heterocycles. The first-order valence-corrected chi connectivity index (χ1v) is 6.76. The molecule has 1 aromatic carbocycles. The van der Waals surface area contributed by atoms with E-state index in [4.69, 9.17) is 10.5 Å². The van der Waals surface area contributed by atoms with Gasteiger partial charge < -0.3 is 10.5 Å². The van der Waals surface area contributed by atoms with Gasteiger partial charge in [0.2, 0.25) is 0 Å². The number of aryl methyl sites for hydroxylation is 1. The van der Waals surface area contributed by atoms with Crippen LogP contribution in [0.3, 0.4) is 0 Å². The van der Waals surface area contributed by atoms with Gasteiger partial charge in [-0.1, -0.05) is 25.0 Å². The molecule has 2 rings (SSSR count). The summed E-state index contributed by atoms with van der Waals surface area (Å²) in [6.07, 6.45) is 8.18. The Morgan fingerprint density at radius 2 is 1.88 bits per heavy atom. The van der Waals surface area contributed by atoms with Gasteiger partial charge in [0.15, 0.2) is 0 Å². The maximum absolute atomic E-state index is 6.12. The van der Waals surface area contributed by atoms with Crippen LogP contribution in [0, 0.1) is 6.92 Å². The molecule has 0 heterocycles. The minimum absolute atomic E-state index is 0.417. The Bertz CT molecular complexity index is 354. The Labute approximate surface area is 104 Å². The number of ether oxygens (including phenoxy) is 1. The molecule has 0 radical (unpaired) electrons. The van der Waals surface area contributed by atoms with Crippen LogP contribution in [0.25, 0.3) is 0 Å². The van der Waals surface area contributed by atoms with E-state index in [0.29, 0.717) is 12.6 Å². The topological polar surface area (TPSA) is 35.2 Å². The first-order valence-electron chi connectivity index (χ1n) is 6.76. The molecule has 1 saturated carbocycles. The molecule has 2 heteroatoms. The summed E-state index contributed by atoms with van der Waals surface area (Å²) in [6, 6.07) is 6.27. The summed E-state index contributed by atoms with van der Waals surface area (Å²) in [6.45, 7) is 2.70. The van der Waals surface area contributed by atoms with Crippen molar-refractivity contribution in [2.45, 2.75) is 58.1 Å². The van der Waals surface area contributed by atoms with Crippen molar-refractivity contribution >= 4 is 0 Å². The maximum Gasteiger partial charge on any atom is 0.122 e. The van der Waals surface area contributed by atoms with E-state index in [-0.39, 0.29) is 0 Å². The van der Waals surface area contributed by atoms with Crippen LogP contribution in [0.1, 0.15) is 49.7 Å². The highest BCUT2D eigenvalue weighted by Crippen LogP contribution is 2.25. The van der Waals surface area contributed by atoms with Gasteiger partial charge in [-0.15, -0.1) is 0 Å². The summed E-state index contributed by atoms with van der Waals surface area (Å²) in [7, 11) is 0. The average Bonchev–Trinajstić information content (AvgIpc) is 2.60. The summed E-state index contributed by atoms with van der Waals surface area (Å²) in [5.41, 5.74) is 8.02. The number of benzene rings is 1. The van der Waals surface area contributed by atoms with Crippen LogP contribution in [-0.4, -0.2) is 6.10 Å². The Morgan fingerprint density at radius 1 is 1.18 bits per heavy atom. The SMILES string of the molecule is Cc1cc(CN)ccc1OC1CCCCCC1. The van der Waals surface area contributed by atoms with E-state index in [2.05, 4.69) is 25.1 Å². The fraction of sp³-hybridized carbons (Fsp3) is 0.600. The van der Waals surface area contributed by atoms with Gasteiger partial charge in [0.25, 0.3) is 0 Å². The smallest absolute Gasteiger partial charge is 0.122 e. The zero-order valence-corrected chi connectivity index (χ0v) is 10.7. The molecule has 1 aliphatic carbocycles. The molecule has 0 spiro atoms. The van der Waals surface area contributed by atoms with Crippen molar-refractivity contribution in [3.05, 3.63) is 29.3 Å². The van der Waals surface area contributed by atoms with Crippen LogP contribution in [0.4, 0.5) is 0 Å². The quantitative estimate of drug-likeness (QED) is 0.810. The lowest BCUT2D eigenvalue weighted by Crippen LogP contribution is -2.15. The number of hydrogen-bond acceptors (Lipinski definition) is 2. The third kappa shape index (κ3) is 3.47. The minimum Gasteiger partial charge on any atom is -0.490 e. The molecule has 2 nitrogen and oxygen atoms in total. The molecule has 0 saturated heterocycles. The number of nitrogens with two attached hydrogens (primary N) is 1. The number of hydrogen-bond donors (Lipinski definition) is 1. The Balaban J connectivity index is 2.01. The van der Waals surface area contributed by atoms with E-state index in [1.165, 1.54) is 49.7 Å². The predicted octanol–water partition coefficient (Wildman–Crippen LogP) is 3.56. The van der Waals surface area contributed by atoms with E-state index >= 15 is 0 Å². The van der Waals surface area contributed by atoms with Crippen LogP contribution in [-0.2, 0) is 6.54 Å². The normalized spacial score (nSPS) is 17.8. The highest BCUT2D eigenvalue weighted by atomic mass is 16.5. The van der Waals surface area contributed by atoms with E-state index in [0.717, 1.165) is 5.75 Å². The largest absolute Gasteiger partial charge is 0.490 e. The van der Waals surface area contributed by atoms with Gasteiger partial charge in [0.05, 0.1) is 6.10 Å². The van der Waals surface area contributed by atoms with Crippen molar-refractivity contribution in [2.75, 3.05) is 0 Å². The Morgan fingerprint density at radius 3 is 2.47 bits per heavy atom. The summed E-state index contributed by atoms with van der Waals surface area (Å²) in [5, 5.41) is 0. The fourth-order valence-electron chi connectivity index (χ4n) is 2.51. The van der Waals surface area contributed by atoms with Crippen molar-refractivity contribution in [3.63, 3.8) is 0 Å². The summed E-state index contributed by atoms with van der Waals surface area (Å²) < 4.78 is 6.12. The lowest BCUT2D eigenvalue weighted by Gasteiger charge is -2.18. The number of rotatable bonds is 3. The molecule has 1 aliphatic rings. The van der Waals surface area contributed by atoms with Gasteiger partial charge in [-0.05, 0) is 49.8 Å². The maximum atomic E-state index is 6.12. The highest BCUT2D eigenvalue weighted by Gasteiger charge is 2.14. The van der Waals surface area contributed by atoms with Crippen molar-refractivity contribution in [2.24, 2.45) is 5.73 Å². The summed E-state index contributed by atoms with van der Waals surface area (Å²) in [5.74, 6) is 1.04. The van der Waals surface area contributed by atoms with Crippen LogP contribution < -0.4 is 10.5 Å². The van der Waals surface area contributed by atoms with Crippen molar-refractivity contribution in [3.8, 4) is 5.75 Å². The van der Waals surface area contributed by atoms with Gasteiger partial charge in [0, 0.05) is 6.54 Å². The first kappa shape index (κ1) is 12.4. The Kier molecular flexibility index (Phi) is 4.43. The molecule has 1 aromatic rings. The minimum atomic E-state index is 0.417. The molecule has 17 heavy (non-hydrogen) atoms. The second-order valence-electron chi connectivity index (χ2n) is 5.04. The molecule has 94 valence electrons. The van der Waals surface area contributed by atoms with Crippen molar-refractivity contribution in [1.29, 1.82) is 0 Å². The van der Waals surface area contributed by atoms with Crippen LogP contribution in [0.2, 0.25) is 0 Å². The third-order valence-corrected chi connectivity index (χ3v) is 3.57. The van der Waals surface area contributed by atoms with Crippen molar-refractivity contribution < 1.29 is 4.74 Å². The standard InChI is InChI=1S/C15H23NO/c1-12-10-13(11-16)8-9-15(12)17-14-6-4-2-3-5-7-14/h8-10,14H,2-7,11,16H2,1H3. The molecule has 0 amide bonds. The van der Waals surface area contributed by atoms with Gasteiger partial charge in [-0.2, -0.15) is 0 Å². The van der Waals surface area contributed by atoms with E-state index in [1.807, 2.05) is 0 Å². The third-order valence-electron chi connectivity index (χ3n) is 3.57. The van der Waals surface area contributed by atoms with Gasteiger partial charge in [-0.3, -0.25) is 0 Å². The lowest BCUT2D eigenvalue weighted by molar-refractivity contribution is 0.182. The van der Waals surface area contributed by atoms with Gasteiger partial charge in [-0.25, -0.2) is 0 Å². The molecule has 2 N–H and O–H groups in total. The molecular formula is C15H23NO. The van der Waals surface area contributed by atoms with E-state index in [1.54, 1.807) is 0 Å². The zero-order chi connectivity index (χ0) is 12.1. The molecular weight excluding hydrogens is 210 g/mol. The molecule has 0 bridgehead atoms. The molecule has 1 fully saturated rings. The molecule has 0 atom stereocenters. The second-order valence-corrected chi connectivity index (χ2v) is 5.04. The predicted molar refractivity (Wildman–Crippen MR) is 71.2 cm³/mol. The van der Waals surface area contributed by atoms with Crippen LogP contribution >= 0.6 is 0 Å². The second kappa shape index (κ2) is 6.06. The first-order chi connectivity index (χ1) is 8.29. The zero-order valence-electron chi connectivity index (χ0n) is 10.7. The molecule has 0 aliphatic heterocycles. The highest BCUT2D eigenvalue weighted by molar-refractivity contribution is 5.36. The van der Waals surface area contributed by atoms with Gasteiger partial charge >= 0.3 is 0 Å². The average molecular weight is 233 g/mol. The van der Waals surface area contributed by atoms with Crippen LogP contribution in [0.5, 0.6) is 5.75 Å². The van der Waals surface area contributed by atoms with E-state index in [9.17, 15) is 0 Å². The lowest BCUT2D eigenvalue weighted by atomic mass is 10.1. The van der Waals surface area contributed by atoms with Crippen molar-refractivity contribution in [1.82, 2.24) is 0 Å².